The van der Waals surface area contributed by atoms with Crippen LogP contribution in [-0.2, 0) is 33.3 Å². The van der Waals surface area contributed by atoms with Crippen molar-refractivity contribution in [3.8, 4) is 0 Å². The molecule has 0 aromatic rings. The molecule has 310 valence electrons. The average molecular weight is 765 g/mol. The highest BCUT2D eigenvalue weighted by Gasteiger charge is 2.63. The van der Waals surface area contributed by atoms with Gasteiger partial charge in [0.25, 0.3) is 0 Å². The summed E-state index contributed by atoms with van der Waals surface area (Å²) in [5.41, 5.74) is -1.63. The van der Waals surface area contributed by atoms with E-state index >= 15 is 0 Å². The van der Waals surface area contributed by atoms with Crippen LogP contribution in [0.25, 0.3) is 0 Å². The first-order valence-electron chi connectivity index (χ1n) is 21.1. The molecule has 2 spiro atoms. The van der Waals surface area contributed by atoms with Crippen LogP contribution >= 0.6 is 0 Å². The monoisotopic (exact) mass is 765 g/mol. The Morgan fingerprint density at radius 3 is 2.07 bits per heavy atom. The largest absolute Gasteiger partial charge is 0.481 e. The minimum Gasteiger partial charge on any atom is -0.481 e. The summed E-state index contributed by atoms with van der Waals surface area (Å²) in [6.45, 7) is 21.7. The molecule has 0 saturated carbocycles. The minimum atomic E-state index is -1.37. The summed E-state index contributed by atoms with van der Waals surface area (Å²) in [6, 6.07) is 0. The van der Waals surface area contributed by atoms with Gasteiger partial charge >= 0.3 is 5.97 Å². The highest BCUT2D eigenvalue weighted by atomic mass is 16.8. The number of hydrogen-bond donors (Lipinski definition) is 4. The summed E-state index contributed by atoms with van der Waals surface area (Å²) >= 11 is 0. The van der Waals surface area contributed by atoms with Gasteiger partial charge in [-0.3, -0.25) is 9.59 Å². The molecule has 4 N–H and O–H groups in total. The summed E-state index contributed by atoms with van der Waals surface area (Å²) in [6.07, 6.45) is 4.75. The molecule has 11 heteroatoms. The standard InChI is InChI=1S/C43H72O11/c1-12-30(35(46)27(8)34(45)28(9)36-23(4)21-24(5)37(51-36)31(13-2)39(47)48)38-25(6)22-26(7)42(52-38)18-15-32(44)43(54-42)20-19-40(11,53-43)33-16-17-41(49,14-3)29(10)50-33/h15,18,23-34,36-38,44-45,49H,12-14,16-17,19-22H2,1-11H3,(H,47,48)/t23-,24-,25-,26+,27-,28-,29-,30-,31+,32?,33+,34+,36+,37+,38-,40-,41+,42-,43-/m0/s1. The van der Waals surface area contributed by atoms with Crippen LogP contribution in [0.5, 0.6) is 0 Å². The Labute approximate surface area is 323 Å². The Kier molecular flexibility index (Phi) is 13.3. The van der Waals surface area contributed by atoms with Crippen molar-refractivity contribution in [3.05, 3.63) is 12.2 Å². The first kappa shape index (κ1) is 43.7. The predicted octanol–water partition coefficient (Wildman–Crippen LogP) is 6.43. The second-order valence-corrected chi connectivity index (χ2v) is 18.5. The molecule has 4 saturated heterocycles. The quantitative estimate of drug-likeness (QED) is 0.162. The van der Waals surface area contributed by atoms with Gasteiger partial charge in [0.2, 0.25) is 5.79 Å². The number of aliphatic hydroxyl groups excluding tert-OH is 2. The number of aliphatic carboxylic acids is 1. The van der Waals surface area contributed by atoms with E-state index in [-0.39, 0.29) is 47.8 Å². The number of rotatable bonds is 12. The summed E-state index contributed by atoms with van der Waals surface area (Å²) in [5, 5.41) is 44.2. The number of aliphatic hydroxyl groups is 3. The van der Waals surface area contributed by atoms with E-state index in [1.54, 1.807) is 19.1 Å². The van der Waals surface area contributed by atoms with Crippen LogP contribution in [0.4, 0.5) is 0 Å². The molecule has 0 amide bonds. The lowest BCUT2D eigenvalue weighted by molar-refractivity contribution is -0.409. The second-order valence-electron chi connectivity index (χ2n) is 18.5. The van der Waals surface area contributed by atoms with Gasteiger partial charge in [-0.05, 0) is 95.1 Å². The first-order valence-corrected chi connectivity index (χ1v) is 21.1. The Balaban J connectivity index is 1.32. The highest BCUT2D eigenvalue weighted by molar-refractivity contribution is 5.84. The maximum Gasteiger partial charge on any atom is 0.309 e. The second kappa shape index (κ2) is 16.4. The number of Topliss-reactive ketones (excluding diaryl/α,β-unsaturated/α-hetero) is 1. The van der Waals surface area contributed by atoms with Gasteiger partial charge in [0.05, 0.1) is 53.7 Å². The van der Waals surface area contributed by atoms with Gasteiger partial charge in [-0.2, -0.15) is 0 Å². The van der Waals surface area contributed by atoms with Crippen LogP contribution in [0.15, 0.2) is 12.2 Å². The van der Waals surface area contributed by atoms with E-state index in [9.17, 15) is 30.0 Å². The first-order chi connectivity index (χ1) is 25.2. The van der Waals surface area contributed by atoms with Crippen LogP contribution in [0.2, 0.25) is 0 Å². The van der Waals surface area contributed by atoms with E-state index in [2.05, 4.69) is 20.8 Å². The third-order valence-electron chi connectivity index (χ3n) is 14.8. The fraction of sp³-hybridized carbons (Fsp3) is 0.907. The van der Waals surface area contributed by atoms with Crippen LogP contribution in [0, 0.1) is 47.3 Å². The Bertz CT molecular complexity index is 1360. The SMILES string of the molecule is CC[C@@H](C(=O)O)[C@@H]1O[C@@H]([C@@H](C)[C@H](O)[C@H](C)C(=O)[C@H](CC)[C@H]2O[C@]3(C=CC(O)[C@]4(CC[C@@](C)([C@H]5CC[C@](O)(CC)[C@H](C)O5)O4)O3)[C@H](C)C[C@@H]2C)[C@@H](C)C[C@@H]1C. The lowest BCUT2D eigenvalue weighted by atomic mass is 9.72. The molecule has 4 fully saturated rings. The molecule has 0 aromatic heterocycles. The summed E-state index contributed by atoms with van der Waals surface area (Å²) in [5.74, 6) is -5.80. The van der Waals surface area contributed by atoms with Crippen molar-refractivity contribution in [3.63, 3.8) is 0 Å². The van der Waals surface area contributed by atoms with Gasteiger partial charge in [-0.15, -0.1) is 0 Å². The predicted molar refractivity (Wildman–Crippen MR) is 203 cm³/mol. The van der Waals surface area contributed by atoms with E-state index < -0.39 is 76.8 Å². The zero-order valence-electron chi connectivity index (χ0n) is 34.8. The minimum absolute atomic E-state index is 0.0104. The molecule has 11 nitrogen and oxygen atoms in total. The third-order valence-corrected chi connectivity index (χ3v) is 14.8. The van der Waals surface area contributed by atoms with Crippen molar-refractivity contribution in [2.75, 3.05) is 0 Å². The fourth-order valence-corrected chi connectivity index (χ4v) is 10.9. The Morgan fingerprint density at radius 2 is 1.48 bits per heavy atom. The molecule has 0 aliphatic carbocycles. The maximum atomic E-state index is 14.5. The number of carbonyl (C=O) groups excluding carboxylic acids is 1. The lowest BCUT2D eigenvalue weighted by Crippen LogP contribution is -2.63. The van der Waals surface area contributed by atoms with Crippen molar-refractivity contribution in [2.24, 2.45) is 47.3 Å². The highest BCUT2D eigenvalue weighted by Crippen LogP contribution is 2.54. The van der Waals surface area contributed by atoms with Gasteiger partial charge in [-0.1, -0.05) is 62.3 Å². The van der Waals surface area contributed by atoms with Crippen LogP contribution < -0.4 is 0 Å². The average Bonchev–Trinajstić information content (AvgIpc) is 3.47. The van der Waals surface area contributed by atoms with Gasteiger partial charge in [0, 0.05) is 30.1 Å². The van der Waals surface area contributed by atoms with Gasteiger partial charge in [0.1, 0.15) is 11.9 Å². The molecule has 5 heterocycles. The zero-order chi connectivity index (χ0) is 40.1. The molecular weight excluding hydrogens is 692 g/mol. The van der Waals surface area contributed by atoms with Crippen LogP contribution in [0.3, 0.4) is 0 Å². The number of ether oxygens (including phenoxy) is 5. The molecule has 1 unspecified atom stereocenters. The Morgan fingerprint density at radius 1 is 0.852 bits per heavy atom. The van der Waals surface area contributed by atoms with Crippen molar-refractivity contribution < 1.29 is 53.7 Å². The summed E-state index contributed by atoms with van der Waals surface area (Å²) in [4.78, 5) is 26.6. The zero-order valence-corrected chi connectivity index (χ0v) is 34.8. The number of hydrogen-bond acceptors (Lipinski definition) is 10. The smallest absolute Gasteiger partial charge is 0.309 e. The van der Waals surface area contributed by atoms with Gasteiger partial charge < -0.3 is 44.1 Å². The molecule has 0 bridgehead atoms. The van der Waals surface area contributed by atoms with E-state index in [0.29, 0.717) is 51.4 Å². The van der Waals surface area contributed by atoms with Gasteiger partial charge in [-0.25, -0.2) is 0 Å². The lowest BCUT2D eigenvalue weighted by Gasteiger charge is -2.54. The summed E-state index contributed by atoms with van der Waals surface area (Å²) < 4.78 is 33.6. The van der Waals surface area contributed by atoms with E-state index in [1.807, 2.05) is 48.5 Å². The number of carboxylic acid groups (broad SMARTS) is 1. The molecule has 5 aliphatic rings. The normalized spacial score (nSPS) is 46.9. The number of ketones is 1. The van der Waals surface area contributed by atoms with Crippen LogP contribution in [-0.4, -0.2) is 97.7 Å². The molecule has 19 atom stereocenters. The van der Waals surface area contributed by atoms with E-state index in [1.165, 1.54) is 0 Å². The van der Waals surface area contributed by atoms with Crippen molar-refractivity contribution in [1.29, 1.82) is 0 Å². The molecule has 5 aliphatic heterocycles. The molecule has 54 heavy (non-hydrogen) atoms. The molecule has 5 rings (SSSR count). The molecule has 0 aromatic carbocycles. The van der Waals surface area contributed by atoms with Gasteiger partial charge in [0.15, 0.2) is 5.79 Å². The van der Waals surface area contributed by atoms with E-state index in [4.69, 9.17) is 23.7 Å². The van der Waals surface area contributed by atoms with E-state index in [0.717, 1.165) is 6.42 Å². The van der Waals surface area contributed by atoms with Crippen molar-refractivity contribution in [2.45, 2.75) is 199 Å². The van der Waals surface area contributed by atoms with Crippen molar-refractivity contribution in [1.82, 2.24) is 0 Å². The maximum absolute atomic E-state index is 14.5. The molecular formula is C43H72O11. The Hall–Kier alpha value is -1.44. The molecule has 0 radical (unpaired) electrons. The number of carbonyl (C=O) groups is 2. The fourth-order valence-electron chi connectivity index (χ4n) is 10.9. The van der Waals surface area contributed by atoms with Crippen LogP contribution in [0.1, 0.15) is 134 Å². The topological polar surface area (TPSA) is 161 Å². The summed E-state index contributed by atoms with van der Waals surface area (Å²) in [7, 11) is 0. The third kappa shape index (κ3) is 7.88. The van der Waals surface area contributed by atoms with Crippen molar-refractivity contribution >= 4 is 11.8 Å². The number of carboxylic acids is 1.